The summed E-state index contributed by atoms with van der Waals surface area (Å²) in [6, 6.07) is 5.78. The Hall–Kier alpha value is -2.63. The van der Waals surface area contributed by atoms with Gasteiger partial charge in [0, 0.05) is 19.6 Å². The maximum atomic E-state index is 13.3. The van der Waals surface area contributed by atoms with E-state index in [0.717, 1.165) is 30.5 Å². The Balaban J connectivity index is 1.90. The summed E-state index contributed by atoms with van der Waals surface area (Å²) in [6.45, 7) is 4.85. The second-order valence-electron chi connectivity index (χ2n) is 6.78. The van der Waals surface area contributed by atoms with Gasteiger partial charge in [0.05, 0.1) is 22.9 Å². The number of aromatic nitrogens is 3. The Morgan fingerprint density at radius 3 is 2.92 bits per heavy atom. The van der Waals surface area contributed by atoms with Crippen molar-refractivity contribution in [3.05, 3.63) is 35.7 Å². The molecule has 0 aromatic carbocycles. The van der Waals surface area contributed by atoms with E-state index in [2.05, 4.69) is 17.0 Å². The summed E-state index contributed by atoms with van der Waals surface area (Å²) < 4.78 is 7.23. The van der Waals surface area contributed by atoms with Gasteiger partial charge in [0.1, 0.15) is 5.69 Å². The molecule has 4 rings (SSSR count). The monoisotopic (exact) mass is 338 g/mol. The molecule has 1 aliphatic rings. The van der Waals surface area contributed by atoms with Crippen LogP contribution in [0.2, 0.25) is 0 Å². The molecule has 0 saturated carbocycles. The summed E-state index contributed by atoms with van der Waals surface area (Å²) in [5, 5.41) is 5.31. The van der Waals surface area contributed by atoms with Gasteiger partial charge in [-0.2, -0.15) is 5.10 Å². The molecule has 130 valence electrons. The van der Waals surface area contributed by atoms with Gasteiger partial charge in [0.2, 0.25) is 0 Å². The van der Waals surface area contributed by atoms with E-state index in [-0.39, 0.29) is 11.9 Å². The molecule has 1 unspecified atom stereocenters. The predicted molar refractivity (Wildman–Crippen MR) is 95.3 cm³/mol. The zero-order valence-electron chi connectivity index (χ0n) is 14.8. The highest BCUT2D eigenvalue weighted by Gasteiger charge is 2.28. The molecule has 0 spiro atoms. The zero-order chi connectivity index (χ0) is 17.6. The highest BCUT2D eigenvalue weighted by atomic mass is 16.3. The lowest BCUT2D eigenvalue weighted by Crippen LogP contribution is -2.42. The first-order valence-electron chi connectivity index (χ1n) is 8.75. The number of carbonyl (C=O) groups is 1. The van der Waals surface area contributed by atoms with Gasteiger partial charge in [-0.1, -0.05) is 0 Å². The van der Waals surface area contributed by atoms with E-state index in [1.54, 1.807) is 10.9 Å². The average Bonchev–Trinajstić information content (AvgIpc) is 3.23. The van der Waals surface area contributed by atoms with Gasteiger partial charge in [-0.25, -0.2) is 4.98 Å². The Morgan fingerprint density at radius 2 is 2.20 bits per heavy atom. The fourth-order valence-electron chi connectivity index (χ4n) is 3.72. The number of aryl methyl sites for hydroxylation is 2. The number of piperidine rings is 1. The summed E-state index contributed by atoms with van der Waals surface area (Å²) >= 11 is 0. The van der Waals surface area contributed by atoms with Crippen LogP contribution in [-0.4, -0.2) is 38.2 Å². The van der Waals surface area contributed by atoms with Crippen molar-refractivity contribution in [1.82, 2.24) is 19.7 Å². The van der Waals surface area contributed by atoms with Crippen LogP contribution in [-0.2, 0) is 7.05 Å². The third kappa shape index (κ3) is 2.62. The molecule has 0 bridgehead atoms. The van der Waals surface area contributed by atoms with Gasteiger partial charge in [0.25, 0.3) is 5.91 Å². The molecule has 0 N–H and O–H groups in total. The van der Waals surface area contributed by atoms with Crippen molar-refractivity contribution < 1.29 is 9.21 Å². The van der Waals surface area contributed by atoms with Gasteiger partial charge in [-0.15, -0.1) is 0 Å². The minimum atomic E-state index is 0.0588. The predicted octanol–water partition coefficient (Wildman–Crippen LogP) is 3.55. The average molecular weight is 338 g/mol. The smallest absolute Gasteiger partial charge is 0.254 e. The second-order valence-corrected chi connectivity index (χ2v) is 6.78. The zero-order valence-corrected chi connectivity index (χ0v) is 14.8. The van der Waals surface area contributed by atoms with Crippen LogP contribution in [0.15, 0.2) is 28.9 Å². The molecule has 0 radical (unpaired) electrons. The Morgan fingerprint density at radius 1 is 1.36 bits per heavy atom. The number of nitrogens with zero attached hydrogens (tertiary/aromatic N) is 4. The SMILES string of the molecule is Cc1nn(C)c2nc(-c3ccco3)cc(C(=O)N3CCCCC3C)c12. The van der Waals surface area contributed by atoms with Crippen molar-refractivity contribution >= 4 is 16.9 Å². The first-order valence-corrected chi connectivity index (χ1v) is 8.75. The van der Waals surface area contributed by atoms with Gasteiger partial charge in [-0.3, -0.25) is 9.48 Å². The van der Waals surface area contributed by atoms with Crippen LogP contribution in [0.1, 0.15) is 42.2 Å². The number of hydrogen-bond donors (Lipinski definition) is 0. The molecular formula is C19H22N4O2. The van der Waals surface area contributed by atoms with Gasteiger partial charge < -0.3 is 9.32 Å². The lowest BCUT2D eigenvalue weighted by Gasteiger charge is -2.33. The fraction of sp³-hybridized carbons (Fsp3) is 0.421. The van der Waals surface area contributed by atoms with E-state index in [0.29, 0.717) is 22.7 Å². The second kappa shape index (κ2) is 6.02. The third-order valence-corrected chi connectivity index (χ3v) is 5.04. The normalized spacial score (nSPS) is 18.0. The van der Waals surface area contributed by atoms with Crippen LogP contribution in [0.3, 0.4) is 0 Å². The fourth-order valence-corrected chi connectivity index (χ4v) is 3.72. The van der Waals surface area contributed by atoms with Gasteiger partial charge in [-0.05, 0) is 51.3 Å². The van der Waals surface area contributed by atoms with E-state index in [9.17, 15) is 4.79 Å². The van der Waals surface area contributed by atoms with Crippen LogP contribution >= 0.6 is 0 Å². The summed E-state index contributed by atoms with van der Waals surface area (Å²) in [5.74, 6) is 0.713. The van der Waals surface area contributed by atoms with E-state index >= 15 is 0 Å². The maximum Gasteiger partial charge on any atom is 0.254 e. The summed E-state index contributed by atoms with van der Waals surface area (Å²) in [4.78, 5) is 20.0. The van der Waals surface area contributed by atoms with Crippen molar-refractivity contribution in [2.75, 3.05) is 6.54 Å². The molecule has 1 fully saturated rings. The molecular weight excluding hydrogens is 316 g/mol. The summed E-state index contributed by atoms with van der Waals surface area (Å²) in [7, 11) is 1.85. The molecule has 3 aromatic rings. The van der Waals surface area contributed by atoms with Crippen molar-refractivity contribution in [2.24, 2.45) is 7.05 Å². The number of likely N-dealkylation sites (tertiary alicyclic amines) is 1. The maximum absolute atomic E-state index is 13.3. The lowest BCUT2D eigenvalue weighted by molar-refractivity contribution is 0.0637. The third-order valence-electron chi connectivity index (χ3n) is 5.04. The summed E-state index contributed by atoms with van der Waals surface area (Å²) in [6.07, 6.45) is 4.91. The van der Waals surface area contributed by atoms with E-state index in [1.807, 2.05) is 37.1 Å². The number of hydrogen-bond acceptors (Lipinski definition) is 4. The van der Waals surface area contributed by atoms with Crippen LogP contribution < -0.4 is 0 Å². The van der Waals surface area contributed by atoms with Gasteiger partial charge in [0.15, 0.2) is 11.4 Å². The number of pyridine rings is 1. The van der Waals surface area contributed by atoms with Crippen LogP contribution in [0.25, 0.3) is 22.5 Å². The number of furan rings is 1. The molecule has 1 aliphatic heterocycles. The quantitative estimate of drug-likeness (QED) is 0.717. The molecule has 0 aliphatic carbocycles. The molecule has 25 heavy (non-hydrogen) atoms. The Labute approximate surface area is 146 Å². The first-order chi connectivity index (χ1) is 12.1. The molecule has 6 heteroatoms. The van der Waals surface area contributed by atoms with E-state index < -0.39 is 0 Å². The van der Waals surface area contributed by atoms with Crippen LogP contribution in [0.5, 0.6) is 0 Å². The topological polar surface area (TPSA) is 64.2 Å². The molecule has 1 atom stereocenters. The van der Waals surface area contributed by atoms with Crippen molar-refractivity contribution in [1.29, 1.82) is 0 Å². The number of fused-ring (bicyclic) bond motifs is 1. The number of rotatable bonds is 2. The van der Waals surface area contributed by atoms with Gasteiger partial charge >= 0.3 is 0 Å². The first kappa shape index (κ1) is 15.9. The molecule has 6 nitrogen and oxygen atoms in total. The highest BCUT2D eigenvalue weighted by molar-refractivity contribution is 6.07. The molecule has 1 amide bonds. The minimum Gasteiger partial charge on any atom is -0.463 e. The Kier molecular flexibility index (Phi) is 3.82. The molecule has 3 aromatic heterocycles. The van der Waals surface area contributed by atoms with Crippen molar-refractivity contribution in [2.45, 2.75) is 39.2 Å². The minimum absolute atomic E-state index is 0.0588. The molecule has 1 saturated heterocycles. The van der Waals surface area contributed by atoms with Crippen LogP contribution in [0.4, 0.5) is 0 Å². The number of carbonyl (C=O) groups excluding carboxylic acids is 1. The lowest BCUT2D eigenvalue weighted by atomic mass is 10.0. The standard InChI is InChI=1S/C19H22N4O2/c1-12-7-4-5-9-23(12)19(24)14-11-15(16-8-6-10-25-16)20-18-17(14)13(2)21-22(18)3/h6,8,10-12H,4-5,7,9H2,1-3H3. The van der Waals surface area contributed by atoms with Crippen molar-refractivity contribution in [3.8, 4) is 11.5 Å². The largest absolute Gasteiger partial charge is 0.463 e. The van der Waals surface area contributed by atoms with Crippen molar-refractivity contribution in [3.63, 3.8) is 0 Å². The summed E-state index contributed by atoms with van der Waals surface area (Å²) in [5.41, 5.74) is 2.85. The Bertz CT molecular complexity index is 927. The van der Waals surface area contributed by atoms with Crippen LogP contribution in [0, 0.1) is 6.92 Å². The molecule has 4 heterocycles. The number of amides is 1. The van der Waals surface area contributed by atoms with E-state index in [4.69, 9.17) is 4.42 Å². The highest BCUT2D eigenvalue weighted by Crippen LogP contribution is 2.29. The van der Waals surface area contributed by atoms with E-state index in [1.165, 1.54) is 6.42 Å².